The van der Waals surface area contributed by atoms with Gasteiger partial charge in [0.25, 0.3) is 0 Å². The maximum Gasteiger partial charge on any atom is 0.126 e. The van der Waals surface area contributed by atoms with Crippen LogP contribution < -0.4 is 4.74 Å². The van der Waals surface area contributed by atoms with Gasteiger partial charge in [-0.1, -0.05) is 11.6 Å². The predicted molar refractivity (Wildman–Crippen MR) is 51.5 cm³/mol. The van der Waals surface area contributed by atoms with Crippen LogP contribution in [0.15, 0.2) is 36.1 Å². The zero-order valence-corrected chi connectivity index (χ0v) is 7.93. The summed E-state index contributed by atoms with van der Waals surface area (Å²) in [5.74, 6) is 0.806. The monoisotopic (exact) mass is 182 g/mol. The fraction of sp³-hybridized carbons (Fsp3) is 0.200. The number of hydrogen-bond acceptors (Lipinski definition) is 1. The third-order valence-electron chi connectivity index (χ3n) is 1.24. The fourth-order valence-electron chi connectivity index (χ4n) is 0.699. The summed E-state index contributed by atoms with van der Waals surface area (Å²) in [6.07, 6.45) is 1.71. The SMILES string of the molecule is CC(C)=COc1ccc(Cl)cc1. The first kappa shape index (κ1) is 9.14. The molecule has 0 aromatic heterocycles. The standard InChI is InChI=1S/C10H11ClO/c1-8(2)7-12-10-5-3-9(11)4-6-10/h3-7H,1-2H3. The highest BCUT2D eigenvalue weighted by Gasteiger charge is 1.90. The quantitative estimate of drug-likeness (QED) is 0.635. The predicted octanol–water partition coefficient (Wildman–Crippen LogP) is 3.64. The molecule has 1 rings (SSSR count). The van der Waals surface area contributed by atoms with Crippen molar-refractivity contribution in [3.8, 4) is 5.75 Å². The number of ether oxygens (including phenoxy) is 1. The summed E-state index contributed by atoms with van der Waals surface area (Å²) in [7, 11) is 0. The molecule has 0 saturated heterocycles. The van der Waals surface area contributed by atoms with Gasteiger partial charge < -0.3 is 4.74 Å². The Morgan fingerprint density at radius 2 is 1.83 bits per heavy atom. The van der Waals surface area contributed by atoms with Gasteiger partial charge in [-0.05, 0) is 43.7 Å². The molecule has 1 aromatic rings. The van der Waals surface area contributed by atoms with Crippen molar-refractivity contribution in [1.29, 1.82) is 0 Å². The lowest BCUT2D eigenvalue weighted by molar-refractivity contribution is 0.476. The lowest BCUT2D eigenvalue weighted by Crippen LogP contribution is -1.82. The first-order valence-electron chi connectivity index (χ1n) is 3.74. The molecule has 0 radical (unpaired) electrons. The number of hydrogen-bond donors (Lipinski definition) is 0. The molecule has 0 saturated carbocycles. The van der Waals surface area contributed by atoms with Crippen LogP contribution in [0.3, 0.4) is 0 Å². The van der Waals surface area contributed by atoms with Gasteiger partial charge >= 0.3 is 0 Å². The molecule has 0 bridgehead atoms. The van der Waals surface area contributed by atoms with Crippen molar-refractivity contribution in [2.75, 3.05) is 0 Å². The molecule has 2 heteroatoms. The van der Waals surface area contributed by atoms with Crippen LogP contribution in [-0.2, 0) is 0 Å². The second kappa shape index (κ2) is 4.17. The summed E-state index contributed by atoms with van der Waals surface area (Å²) in [6.45, 7) is 3.96. The Hall–Kier alpha value is -0.950. The van der Waals surface area contributed by atoms with Gasteiger partial charge in [-0.3, -0.25) is 0 Å². The highest BCUT2D eigenvalue weighted by molar-refractivity contribution is 6.30. The molecular formula is C10H11ClO. The summed E-state index contributed by atoms with van der Waals surface area (Å²) in [4.78, 5) is 0. The molecule has 0 atom stereocenters. The van der Waals surface area contributed by atoms with E-state index in [0.717, 1.165) is 16.3 Å². The molecule has 0 aliphatic carbocycles. The average molecular weight is 183 g/mol. The third kappa shape index (κ3) is 2.97. The van der Waals surface area contributed by atoms with E-state index in [0.29, 0.717) is 0 Å². The minimum Gasteiger partial charge on any atom is -0.465 e. The normalized spacial score (nSPS) is 9.25. The van der Waals surface area contributed by atoms with E-state index in [1.807, 2.05) is 26.0 Å². The number of benzene rings is 1. The second-order valence-electron chi connectivity index (χ2n) is 2.77. The molecule has 0 aliphatic heterocycles. The highest BCUT2D eigenvalue weighted by Crippen LogP contribution is 2.15. The van der Waals surface area contributed by atoms with Gasteiger partial charge in [0.1, 0.15) is 5.75 Å². The minimum atomic E-state index is 0.722. The lowest BCUT2D eigenvalue weighted by atomic mass is 10.3. The average Bonchev–Trinajstić information content (AvgIpc) is 2.03. The van der Waals surface area contributed by atoms with E-state index in [-0.39, 0.29) is 0 Å². The van der Waals surface area contributed by atoms with Crippen LogP contribution >= 0.6 is 11.6 Å². The number of halogens is 1. The van der Waals surface area contributed by atoms with Crippen molar-refractivity contribution in [1.82, 2.24) is 0 Å². The third-order valence-corrected chi connectivity index (χ3v) is 1.50. The van der Waals surface area contributed by atoms with Crippen LogP contribution in [0.1, 0.15) is 13.8 Å². The van der Waals surface area contributed by atoms with Crippen LogP contribution in [0.4, 0.5) is 0 Å². The molecule has 0 fully saturated rings. The highest BCUT2D eigenvalue weighted by atomic mass is 35.5. The zero-order valence-electron chi connectivity index (χ0n) is 7.17. The van der Waals surface area contributed by atoms with E-state index in [4.69, 9.17) is 16.3 Å². The number of allylic oxidation sites excluding steroid dienone is 1. The molecule has 12 heavy (non-hydrogen) atoms. The Bertz CT molecular complexity index is 270. The second-order valence-corrected chi connectivity index (χ2v) is 3.20. The molecule has 0 spiro atoms. The van der Waals surface area contributed by atoms with Gasteiger partial charge in [0.2, 0.25) is 0 Å². The van der Waals surface area contributed by atoms with E-state index in [1.54, 1.807) is 18.4 Å². The summed E-state index contributed by atoms with van der Waals surface area (Å²) in [5.41, 5.74) is 1.13. The topological polar surface area (TPSA) is 9.23 Å². The summed E-state index contributed by atoms with van der Waals surface area (Å²) in [5, 5.41) is 0.722. The van der Waals surface area contributed by atoms with Crippen molar-refractivity contribution >= 4 is 11.6 Å². The Morgan fingerprint density at radius 3 is 2.33 bits per heavy atom. The van der Waals surface area contributed by atoms with Crippen LogP contribution in [0.25, 0.3) is 0 Å². The fourth-order valence-corrected chi connectivity index (χ4v) is 0.825. The largest absolute Gasteiger partial charge is 0.465 e. The van der Waals surface area contributed by atoms with Crippen molar-refractivity contribution in [3.63, 3.8) is 0 Å². The van der Waals surface area contributed by atoms with E-state index in [9.17, 15) is 0 Å². The number of rotatable bonds is 2. The van der Waals surface area contributed by atoms with Crippen LogP contribution in [0, 0.1) is 0 Å². The van der Waals surface area contributed by atoms with E-state index in [2.05, 4.69) is 0 Å². The zero-order chi connectivity index (χ0) is 8.97. The Balaban J connectivity index is 2.65. The summed E-state index contributed by atoms with van der Waals surface area (Å²) in [6, 6.07) is 7.27. The molecule has 0 aliphatic rings. The Labute approximate surface area is 77.6 Å². The molecule has 64 valence electrons. The molecular weight excluding hydrogens is 172 g/mol. The van der Waals surface area contributed by atoms with Gasteiger partial charge in [-0.15, -0.1) is 0 Å². The van der Waals surface area contributed by atoms with Crippen molar-refractivity contribution in [2.45, 2.75) is 13.8 Å². The van der Waals surface area contributed by atoms with E-state index < -0.39 is 0 Å². The van der Waals surface area contributed by atoms with Crippen molar-refractivity contribution < 1.29 is 4.74 Å². The van der Waals surface area contributed by atoms with Gasteiger partial charge in [0.15, 0.2) is 0 Å². The molecule has 1 aromatic carbocycles. The maximum atomic E-state index is 5.70. The van der Waals surface area contributed by atoms with E-state index in [1.165, 1.54) is 0 Å². The lowest BCUT2D eigenvalue weighted by Gasteiger charge is -1.99. The first-order chi connectivity index (χ1) is 5.68. The molecule has 0 amide bonds. The van der Waals surface area contributed by atoms with Crippen LogP contribution in [-0.4, -0.2) is 0 Å². The summed E-state index contributed by atoms with van der Waals surface area (Å²) < 4.78 is 5.30. The van der Waals surface area contributed by atoms with Crippen molar-refractivity contribution in [3.05, 3.63) is 41.1 Å². The molecule has 0 unspecified atom stereocenters. The van der Waals surface area contributed by atoms with E-state index >= 15 is 0 Å². The van der Waals surface area contributed by atoms with Crippen LogP contribution in [0.2, 0.25) is 5.02 Å². The van der Waals surface area contributed by atoms with Gasteiger partial charge in [-0.25, -0.2) is 0 Å². The Morgan fingerprint density at radius 1 is 1.25 bits per heavy atom. The van der Waals surface area contributed by atoms with Crippen molar-refractivity contribution in [2.24, 2.45) is 0 Å². The van der Waals surface area contributed by atoms with Gasteiger partial charge in [0.05, 0.1) is 6.26 Å². The van der Waals surface area contributed by atoms with Gasteiger partial charge in [-0.2, -0.15) is 0 Å². The minimum absolute atomic E-state index is 0.722. The smallest absolute Gasteiger partial charge is 0.126 e. The maximum absolute atomic E-state index is 5.70. The molecule has 0 N–H and O–H groups in total. The summed E-state index contributed by atoms with van der Waals surface area (Å²) >= 11 is 5.70. The molecule has 1 nitrogen and oxygen atoms in total. The van der Waals surface area contributed by atoms with Crippen LogP contribution in [0.5, 0.6) is 5.75 Å². The molecule has 0 heterocycles. The first-order valence-corrected chi connectivity index (χ1v) is 4.12. The Kier molecular flexibility index (Phi) is 3.18. The van der Waals surface area contributed by atoms with Gasteiger partial charge in [0, 0.05) is 5.02 Å².